The number of nitrogens with zero attached hydrogens (tertiary/aromatic N) is 5. The lowest BCUT2D eigenvalue weighted by molar-refractivity contribution is -0.137. The Morgan fingerprint density at radius 1 is 1.18 bits per heavy atom. The van der Waals surface area contributed by atoms with Crippen LogP contribution in [-0.2, 0) is 10.9 Å². The first kappa shape index (κ1) is 29.1. The van der Waals surface area contributed by atoms with Crippen LogP contribution in [0.15, 0.2) is 6.07 Å². The van der Waals surface area contributed by atoms with E-state index < -0.39 is 63.7 Å². The molecule has 4 aliphatic heterocycles. The van der Waals surface area contributed by atoms with E-state index in [1.807, 2.05) is 4.90 Å². The maximum Gasteiger partial charge on any atom is 0.417 e. The molecule has 0 aliphatic carbocycles. The van der Waals surface area contributed by atoms with Crippen LogP contribution < -0.4 is 20.1 Å². The summed E-state index contributed by atoms with van der Waals surface area (Å²) in [6.45, 7) is 2.57. The molecule has 0 amide bonds. The summed E-state index contributed by atoms with van der Waals surface area (Å²) in [7, 11) is 1.74. The number of likely N-dealkylation sites (N-methyl/N-ethyl adjacent to an activating group) is 1. The average molecular weight is 625 g/mol. The van der Waals surface area contributed by atoms with Crippen LogP contribution in [0, 0.1) is 18.6 Å². The SMILES string of the molecule is Cc1c(F)c(N)cc(-c2nc3c4c(nc(OC[C@@]56CCCN5C[C@H](F)C6)nc4c2F)N(C)[C@H]2CCOC[C@@H]2O3)c1C(F)(F)F. The zero-order valence-corrected chi connectivity index (χ0v) is 24.0. The number of hydrogen-bond acceptors (Lipinski definition) is 9. The Labute approximate surface area is 248 Å². The van der Waals surface area contributed by atoms with Gasteiger partial charge in [-0.15, -0.1) is 0 Å². The van der Waals surface area contributed by atoms with Gasteiger partial charge in [0.1, 0.15) is 47.1 Å². The van der Waals surface area contributed by atoms with E-state index in [0.717, 1.165) is 19.9 Å². The molecule has 0 unspecified atom stereocenters. The molecule has 0 saturated carbocycles. The number of aromatic nitrogens is 3. The fourth-order valence-corrected chi connectivity index (χ4v) is 7.26. The molecule has 0 bridgehead atoms. The molecule has 4 aliphatic rings. The topological polar surface area (TPSA) is 98.9 Å². The van der Waals surface area contributed by atoms with Crippen molar-refractivity contribution in [3.8, 4) is 23.1 Å². The van der Waals surface area contributed by atoms with Gasteiger partial charge >= 0.3 is 12.2 Å². The zero-order chi connectivity index (χ0) is 31.1. The van der Waals surface area contributed by atoms with Crippen LogP contribution in [0.2, 0.25) is 0 Å². The summed E-state index contributed by atoms with van der Waals surface area (Å²) in [4.78, 5) is 17.0. The van der Waals surface area contributed by atoms with Crippen LogP contribution in [0.4, 0.5) is 37.8 Å². The number of ether oxygens (including phenoxy) is 3. The van der Waals surface area contributed by atoms with Crippen molar-refractivity contribution >= 4 is 22.4 Å². The van der Waals surface area contributed by atoms with Gasteiger partial charge in [-0.25, -0.2) is 18.2 Å². The third kappa shape index (κ3) is 4.49. The Hall–Kier alpha value is -3.59. The minimum Gasteiger partial charge on any atom is -0.469 e. The van der Waals surface area contributed by atoms with Crippen molar-refractivity contribution in [3.05, 3.63) is 28.8 Å². The van der Waals surface area contributed by atoms with Gasteiger partial charge in [-0.1, -0.05) is 0 Å². The Bertz CT molecular complexity index is 1660. The second-order valence-electron chi connectivity index (χ2n) is 12.0. The molecule has 2 aromatic heterocycles. The van der Waals surface area contributed by atoms with Crippen LogP contribution in [0.25, 0.3) is 22.2 Å². The Morgan fingerprint density at radius 2 is 1.98 bits per heavy atom. The quantitative estimate of drug-likeness (QED) is 0.324. The first-order valence-corrected chi connectivity index (χ1v) is 14.4. The molecule has 15 heteroatoms. The van der Waals surface area contributed by atoms with E-state index in [1.54, 1.807) is 11.9 Å². The van der Waals surface area contributed by atoms with Gasteiger partial charge in [-0.05, 0) is 44.4 Å². The molecule has 7 rings (SSSR count). The molecule has 236 valence electrons. The van der Waals surface area contributed by atoms with Crippen molar-refractivity contribution in [2.45, 2.75) is 62.6 Å². The lowest BCUT2D eigenvalue weighted by atomic mass is 9.95. The van der Waals surface area contributed by atoms with Crippen molar-refractivity contribution in [2.75, 3.05) is 50.6 Å². The van der Waals surface area contributed by atoms with Gasteiger partial charge in [0.2, 0.25) is 5.88 Å². The molecule has 4 atom stereocenters. The van der Waals surface area contributed by atoms with Crippen molar-refractivity contribution < 1.29 is 40.6 Å². The fraction of sp³-hybridized carbons (Fsp3) is 0.552. The predicted molar refractivity (Wildman–Crippen MR) is 147 cm³/mol. The molecule has 6 heterocycles. The van der Waals surface area contributed by atoms with E-state index in [0.29, 0.717) is 32.1 Å². The van der Waals surface area contributed by atoms with Gasteiger partial charge < -0.3 is 24.8 Å². The van der Waals surface area contributed by atoms with Crippen molar-refractivity contribution in [3.63, 3.8) is 0 Å². The van der Waals surface area contributed by atoms with Gasteiger partial charge in [0.15, 0.2) is 5.82 Å². The normalized spacial score (nSPS) is 26.8. The van der Waals surface area contributed by atoms with E-state index in [9.17, 15) is 22.0 Å². The maximum atomic E-state index is 16.6. The van der Waals surface area contributed by atoms with Crippen LogP contribution in [0.5, 0.6) is 11.9 Å². The summed E-state index contributed by atoms with van der Waals surface area (Å²) in [6, 6.07) is 0.197. The van der Waals surface area contributed by atoms with Crippen molar-refractivity contribution in [1.82, 2.24) is 19.9 Å². The average Bonchev–Trinajstić information content (AvgIpc) is 3.46. The van der Waals surface area contributed by atoms with Crippen molar-refractivity contribution in [2.24, 2.45) is 0 Å². The second-order valence-corrected chi connectivity index (χ2v) is 12.0. The summed E-state index contributed by atoms with van der Waals surface area (Å²) >= 11 is 0. The maximum absolute atomic E-state index is 16.6. The second kappa shape index (κ2) is 10.2. The number of anilines is 2. The molecule has 3 saturated heterocycles. The Kier molecular flexibility index (Phi) is 6.77. The minimum atomic E-state index is -5.07. The largest absolute Gasteiger partial charge is 0.469 e. The minimum absolute atomic E-state index is 0.0428. The molecule has 3 aromatic rings. The number of nitrogen functional groups attached to an aromatic ring is 1. The highest BCUT2D eigenvalue weighted by molar-refractivity contribution is 5.97. The number of alkyl halides is 4. The number of fused-ring (bicyclic) bond motifs is 2. The Balaban J connectivity index is 1.42. The van der Waals surface area contributed by atoms with E-state index in [2.05, 4.69) is 15.0 Å². The standard InChI is InChI=1S/C29H30F6N6O3/c1-13-20(29(33,34)35)15(8-16(36)21(13)31)23-22(32)24-19-25(40(2)17-4-7-42-11-18(17)44-26(19)37-23)39-27(38-24)43-12-28-5-3-6-41(28)10-14(30)9-28/h8,14,17-18H,3-7,9-12,36H2,1-2H3/t14-,17+,18+,28+/m1/s1. The third-order valence-corrected chi connectivity index (χ3v) is 9.37. The van der Waals surface area contributed by atoms with E-state index in [-0.39, 0.29) is 54.3 Å². The highest BCUT2D eigenvalue weighted by atomic mass is 19.4. The predicted octanol–water partition coefficient (Wildman–Crippen LogP) is 4.82. The third-order valence-electron chi connectivity index (χ3n) is 9.37. The summed E-state index contributed by atoms with van der Waals surface area (Å²) in [5.74, 6) is -2.46. The van der Waals surface area contributed by atoms with Crippen molar-refractivity contribution in [1.29, 1.82) is 0 Å². The summed E-state index contributed by atoms with van der Waals surface area (Å²) < 4.78 is 106. The van der Waals surface area contributed by atoms with Gasteiger partial charge in [-0.2, -0.15) is 23.1 Å². The molecule has 1 aromatic carbocycles. The number of halogens is 6. The molecule has 0 radical (unpaired) electrons. The summed E-state index contributed by atoms with van der Waals surface area (Å²) in [5.41, 5.74) is 0.446. The Morgan fingerprint density at radius 3 is 2.75 bits per heavy atom. The first-order chi connectivity index (χ1) is 20.9. The monoisotopic (exact) mass is 624 g/mol. The lowest BCUT2D eigenvalue weighted by Gasteiger charge is -2.36. The fourth-order valence-electron chi connectivity index (χ4n) is 7.26. The lowest BCUT2D eigenvalue weighted by Crippen LogP contribution is -2.49. The molecular formula is C29H30F6N6O3. The molecular weight excluding hydrogens is 594 g/mol. The summed E-state index contributed by atoms with van der Waals surface area (Å²) in [6.07, 6.45) is -4.30. The zero-order valence-electron chi connectivity index (χ0n) is 24.0. The first-order valence-electron chi connectivity index (χ1n) is 14.4. The molecule has 44 heavy (non-hydrogen) atoms. The van der Waals surface area contributed by atoms with E-state index in [4.69, 9.17) is 19.9 Å². The van der Waals surface area contributed by atoms with Crippen LogP contribution >= 0.6 is 0 Å². The number of hydrogen-bond donors (Lipinski definition) is 1. The van der Waals surface area contributed by atoms with Gasteiger partial charge in [-0.3, -0.25) is 4.90 Å². The van der Waals surface area contributed by atoms with Crippen LogP contribution in [0.1, 0.15) is 36.8 Å². The van der Waals surface area contributed by atoms with Gasteiger partial charge in [0.05, 0.1) is 29.4 Å². The number of rotatable bonds is 4. The van der Waals surface area contributed by atoms with Crippen LogP contribution in [0.3, 0.4) is 0 Å². The molecule has 2 N–H and O–H groups in total. The number of benzene rings is 1. The molecule has 0 spiro atoms. The number of nitrogens with two attached hydrogens (primary N) is 1. The van der Waals surface area contributed by atoms with Gasteiger partial charge in [0.25, 0.3) is 0 Å². The highest BCUT2D eigenvalue weighted by Gasteiger charge is 2.49. The highest BCUT2D eigenvalue weighted by Crippen LogP contribution is 2.47. The van der Waals surface area contributed by atoms with Crippen LogP contribution in [-0.4, -0.2) is 83.7 Å². The smallest absolute Gasteiger partial charge is 0.417 e. The van der Waals surface area contributed by atoms with Gasteiger partial charge in [0, 0.05) is 32.2 Å². The number of pyridine rings is 1. The van der Waals surface area contributed by atoms with E-state index in [1.165, 1.54) is 0 Å². The summed E-state index contributed by atoms with van der Waals surface area (Å²) in [5, 5.41) is 0.0428. The molecule has 3 fully saturated rings. The van der Waals surface area contributed by atoms with E-state index >= 15 is 4.39 Å². The molecule has 9 nitrogen and oxygen atoms in total.